The van der Waals surface area contributed by atoms with E-state index in [1.54, 1.807) is 11.1 Å². The Morgan fingerprint density at radius 1 is 1.21 bits per heavy atom. The molecule has 34 heavy (non-hydrogen) atoms. The van der Waals surface area contributed by atoms with Crippen molar-refractivity contribution < 1.29 is 14.3 Å². The lowest BCUT2D eigenvalue weighted by molar-refractivity contribution is -0.121. The van der Waals surface area contributed by atoms with Gasteiger partial charge in [0.25, 0.3) is 0 Å². The monoisotopic (exact) mass is 479 g/mol. The molecule has 9 heteroatoms. The Labute approximate surface area is 203 Å². The van der Waals surface area contributed by atoms with Crippen molar-refractivity contribution in [2.45, 2.75) is 54.0 Å². The first-order valence-electron chi connectivity index (χ1n) is 12.1. The molecule has 0 spiro atoms. The van der Waals surface area contributed by atoms with Crippen LogP contribution in [0.25, 0.3) is 0 Å². The molecule has 6 rings (SSSR count). The molecule has 0 radical (unpaired) electrons. The number of pyridine rings is 1. The van der Waals surface area contributed by atoms with Crippen LogP contribution in [0.5, 0.6) is 0 Å². The van der Waals surface area contributed by atoms with Gasteiger partial charge in [0.1, 0.15) is 10.3 Å². The van der Waals surface area contributed by atoms with Crippen LogP contribution in [-0.2, 0) is 9.53 Å². The summed E-state index contributed by atoms with van der Waals surface area (Å²) in [5.41, 5.74) is 3.81. The molecule has 4 aliphatic rings. The normalized spacial score (nSPS) is 26.6. The highest BCUT2D eigenvalue weighted by molar-refractivity contribution is 8.01. The average Bonchev–Trinajstić information content (AvgIpc) is 3.25. The molecule has 0 bridgehead atoms. The van der Waals surface area contributed by atoms with E-state index in [-0.39, 0.29) is 24.0 Å². The minimum atomic E-state index is -0.426. The summed E-state index contributed by atoms with van der Waals surface area (Å²) in [7, 11) is 0. The Balaban J connectivity index is 1.29. The molecular weight excluding hydrogens is 450 g/mol. The van der Waals surface area contributed by atoms with Crippen LogP contribution in [-0.4, -0.2) is 54.5 Å². The lowest BCUT2D eigenvalue weighted by atomic mass is 9.91. The third-order valence-corrected chi connectivity index (χ3v) is 8.52. The van der Waals surface area contributed by atoms with Gasteiger partial charge in [-0.25, -0.2) is 9.78 Å². The summed E-state index contributed by atoms with van der Waals surface area (Å²) in [4.78, 5) is 32.9. The molecule has 178 valence electrons. The molecule has 3 amide bonds. The first kappa shape index (κ1) is 21.9. The molecule has 3 atom stereocenters. The van der Waals surface area contributed by atoms with E-state index in [9.17, 15) is 9.59 Å². The van der Waals surface area contributed by atoms with E-state index < -0.39 is 5.25 Å². The van der Waals surface area contributed by atoms with Gasteiger partial charge in [0.05, 0.1) is 17.4 Å². The van der Waals surface area contributed by atoms with Gasteiger partial charge in [0, 0.05) is 37.6 Å². The largest absolute Gasteiger partial charge is 0.381 e. The van der Waals surface area contributed by atoms with Gasteiger partial charge in [0.2, 0.25) is 5.91 Å². The van der Waals surface area contributed by atoms with Crippen molar-refractivity contribution in [3.8, 4) is 0 Å². The van der Waals surface area contributed by atoms with Crippen LogP contribution in [0.15, 0.2) is 41.6 Å². The van der Waals surface area contributed by atoms with Gasteiger partial charge in [0.15, 0.2) is 0 Å². The fourth-order valence-electron chi connectivity index (χ4n) is 5.49. The minimum Gasteiger partial charge on any atom is -0.381 e. The molecule has 1 aromatic carbocycles. The third kappa shape index (κ3) is 3.95. The summed E-state index contributed by atoms with van der Waals surface area (Å²) in [6.07, 6.45) is 5.74. The van der Waals surface area contributed by atoms with Crippen molar-refractivity contribution in [2.75, 3.05) is 31.2 Å². The molecule has 1 aromatic heterocycles. The van der Waals surface area contributed by atoms with Crippen LogP contribution in [0.2, 0.25) is 0 Å². The van der Waals surface area contributed by atoms with Crippen LogP contribution in [0.3, 0.4) is 0 Å². The first-order valence-corrected chi connectivity index (χ1v) is 13.0. The van der Waals surface area contributed by atoms with Gasteiger partial charge in [-0.2, -0.15) is 0 Å². The van der Waals surface area contributed by atoms with Crippen molar-refractivity contribution in [1.82, 2.24) is 20.9 Å². The number of carbonyl (C=O) groups is 2. The molecule has 8 nitrogen and oxygen atoms in total. The number of benzene rings is 1. The highest BCUT2D eigenvalue weighted by atomic mass is 32.2. The number of nitrogens with one attached hydrogen (secondary N) is 3. The lowest BCUT2D eigenvalue weighted by Crippen LogP contribution is -2.52. The van der Waals surface area contributed by atoms with Gasteiger partial charge < -0.3 is 20.7 Å². The maximum absolute atomic E-state index is 13.4. The number of hydrogen-bond acceptors (Lipinski definition) is 6. The van der Waals surface area contributed by atoms with E-state index in [1.165, 1.54) is 17.3 Å². The number of anilines is 2. The summed E-state index contributed by atoms with van der Waals surface area (Å²) >= 11 is 1.45. The van der Waals surface area contributed by atoms with Gasteiger partial charge in [-0.05, 0) is 61.9 Å². The predicted octanol–water partition coefficient (Wildman–Crippen LogP) is 3.22. The number of amides is 3. The zero-order valence-electron chi connectivity index (χ0n) is 19.0. The number of rotatable bonds is 4. The maximum Gasteiger partial charge on any atom is 0.327 e. The number of hydrogen-bond donors (Lipinski definition) is 3. The fourth-order valence-corrected chi connectivity index (χ4v) is 6.72. The second-order valence-electron chi connectivity index (χ2n) is 9.38. The van der Waals surface area contributed by atoms with Crippen molar-refractivity contribution >= 4 is 35.1 Å². The summed E-state index contributed by atoms with van der Waals surface area (Å²) in [5, 5.41) is 10.0. The second-order valence-corrected chi connectivity index (χ2v) is 10.5. The molecule has 3 N–H and O–H groups in total. The molecular formula is C25H29N5O3S. The molecule has 2 aromatic rings. The summed E-state index contributed by atoms with van der Waals surface area (Å²) in [5.74, 6) is 0.401. The number of piperidine rings is 1. The molecule has 2 saturated heterocycles. The maximum atomic E-state index is 13.4. The zero-order valence-corrected chi connectivity index (χ0v) is 19.8. The average molecular weight is 480 g/mol. The Morgan fingerprint density at radius 3 is 2.91 bits per heavy atom. The number of nitrogens with zero attached hydrogens (tertiary/aromatic N) is 2. The molecule has 0 aliphatic carbocycles. The number of thioether (sulfide) groups is 1. The predicted molar refractivity (Wildman–Crippen MR) is 131 cm³/mol. The van der Waals surface area contributed by atoms with E-state index in [4.69, 9.17) is 4.74 Å². The summed E-state index contributed by atoms with van der Waals surface area (Å²) < 4.78 is 5.52. The van der Waals surface area contributed by atoms with E-state index in [0.717, 1.165) is 74.0 Å². The third-order valence-electron chi connectivity index (χ3n) is 7.23. The number of urea groups is 1. The molecule has 2 fully saturated rings. The Hall–Kier alpha value is -2.62. The van der Waals surface area contributed by atoms with E-state index in [2.05, 4.69) is 33.1 Å². The smallest absolute Gasteiger partial charge is 0.327 e. The van der Waals surface area contributed by atoms with Crippen LogP contribution < -0.4 is 20.9 Å². The summed E-state index contributed by atoms with van der Waals surface area (Å²) in [6, 6.07) is 9.66. The van der Waals surface area contributed by atoms with E-state index in [1.807, 2.05) is 18.2 Å². The Morgan fingerprint density at radius 2 is 2.09 bits per heavy atom. The number of carbonyl (C=O) groups excluding carboxylic acids is 2. The van der Waals surface area contributed by atoms with Crippen LogP contribution >= 0.6 is 11.8 Å². The van der Waals surface area contributed by atoms with Crippen molar-refractivity contribution in [1.29, 1.82) is 0 Å². The Kier molecular flexibility index (Phi) is 5.92. The topological polar surface area (TPSA) is 95.6 Å². The number of ether oxygens (including phenoxy) is 1. The van der Waals surface area contributed by atoms with Crippen molar-refractivity contribution in [2.24, 2.45) is 0 Å². The molecule has 5 heterocycles. The van der Waals surface area contributed by atoms with Crippen LogP contribution in [0.1, 0.15) is 48.8 Å². The fraction of sp³-hybridized carbons (Fsp3) is 0.480. The molecule has 0 saturated carbocycles. The van der Waals surface area contributed by atoms with Gasteiger partial charge in [-0.3, -0.25) is 9.69 Å². The van der Waals surface area contributed by atoms with E-state index in [0.29, 0.717) is 5.92 Å². The lowest BCUT2D eigenvalue weighted by Gasteiger charge is -2.35. The highest BCUT2D eigenvalue weighted by Gasteiger charge is 2.47. The highest BCUT2D eigenvalue weighted by Crippen LogP contribution is 2.50. The standard InChI is InChI=1S/C25H29N5O3S/c31-23(28-17-4-2-9-26-14-17)22-21-20-19(6-10-27-24(20)34-22)30(25(32)29-21)18-5-1-3-16(13-18)15-7-11-33-12-8-15/h1,3,5-6,10,13,15,17,21-22,26H,2,4,7-9,11-12,14H2,(H,28,31)(H,29,32)/t17?,21?,22-/m1/s1. The van der Waals surface area contributed by atoms with Crippen LogP contribution in [0.4, 0.5) is 16.2 Å². The van der Waals surface area contributed by atoms with Crippen molar-refractivity contribution in [3.05, 3.63) is 47.7 Å². The first-order chi connectivity index (χ1) is 16.7. The molecule has 2 unspecified atom stereocenters. The second kappa shape index (κ2) is 9.20. The van der Waals surface area contributed by atoms with Crippen LogP contribution in [0, 0.1) is 0 Å². The zero-order chi connectivity index (χ0) is 23.1. The quantitative estimate of drug-likeness (QED) is 0.623. The summed E-state index contributed by atoms with van der Waals surface area (Å²) in [6.45, 7) is 3.33. The van der Waals surface area contributed by atoms with Gasteiger partial charge in [-0.15, -0.1) is 0 Å². The number of aromatic nitrogens is 1. The Bertz CT molecular complexity index is 1100. The van der Waals surface area contributed by atoms with Crippen molar-refractivity contribution in [3.63, 3.8) is 0 Å². The van der Waals surface area contributed by atoms with E-state index >= 15 is 0 Å². The SMILES string of the molecule is O=C(NC1CCCNC1)[C@@H]1Sc2nccc3c2C1NC(=O)N3c1cccc(C2CCOCC2)c1. The van der Waals surface area contributed by atoms with Gasteiger partial charge >= 0.3 is 6.03 Å². The molecule has 4 aliphatic heterocycles. The van der Waals surface area contributed by atoms with Gasteiger partial charge in [-0.1, -0.05) is 23.9 Å². The minimum absolute atomic E-state index is 0.0390.